The summed E-state index contributed by atoms with van der Waals surface area (Å²) in [5.41, 5.74) is 0. The highest BCUT2D eigenvalue weighted by atomic mass is 16.5. The molecule has 2 rings (SSSR count). The van der Waals surface area contributed by atoms with Gasteiger partial charge in [0, 0.05) is 32.3 Å². The summed E-state index contributed by atoms with van der Waals surface area (Å²) in [5, 5.41) is 3.61. The second kappa shape index (κ2) is 6.85. The first-order chi connectivity index (χ1) is 8.76. The number of likely N-dealkylation sites (N-methyl/N-ethyl adjacent to an activating group) is 1. The van der Waals surface area contributed by atoms with Crippen molar-refractivity contribution in [3.63, 3.8) is 0 Å². The van der Waals surface area contributed by atoms with Gasteiger partial charge in [0.25, 0.3) is 0 Å². The van der Waals surface area contributed by atoms with Gasteiger partial charge in [0.1, 0.15) is 0 Å². The number of nitrogens with zero attached hydrogens (tertiary/aromatic N) is 1. The van der Waals surface area contributed by atoms with E-state index in [2.05, 4.69) is 24.1 Å². The summed E-state index contributed by atoms with van der Waals surface area (Å²) in [6.45, 7) is 9.51. The van der Waals surface area contributed by atoms with E-state index in [0.29, 0.717) is 24.1 Å². The van der Waals surface area contributed by atoms with Gasteiger partial charge < -0.3 is 14.8 Å². The zero-order chi connectivity index (χ0) is 13.0. The first-order valence-electron chi connectivity index (χ1n) is 7.34. The quantitative estimate of drug-likeness (QED) is 0.817. The van der Waals surface area contributed by atoms with Gasteiger partial charge in [-0.3, -0.25) is 4.90 Å². The first-order valence-corrected chi connectivity index (χ1v) is 7.34. The van der Waals surface area contributed by atoms with Crippen LogP contribution < -0.4 is 5.32 Å². The molecular formula is C14H28N2O2. The van der Waals surface area contributed by atoms with Gasteiger partial charge in [0.05, 0.1) is 12.7 Å². The van der Waals surface area contributed by atoms with Gasteiger partial charge >= 0.3 is 0 Å². The molecule has 4 heteroatoms. The van der Waals surface area contributed by atoms with Crippen LogP contribution in [-0.2, 0) is 9.47 Å². The minimum Gasteiger partial charge on any atom is -0.380 e. The molecule has 4 nitrogen and oxygen atoms in total. The van der Waals surface area contributed by atoms with Crippen LogP contribution in [0.4, 0.5) is 0 Å². The molecule has 0 aromatic carbocycles. The van der Waals surface area contributed by atoms with Gasteiger partial charge in [-0.15, -0.1) is 0 Å². The summed E-state index contributed by atoms with van der Waals surface area (Å²) < 4.78 is 11.3. The molecule has 2 saturated heterocycles. The lowest BCUT2D eigenvalue weighted by molar-refractivity contribution is -0.0592. The second-order valence-electron chi connectivity index (χ2n) is 5.63. The van der Waals surface area contributed by atoms with Crippen LogP contribution in [0.5, 0.6) is 0 Å². The number of hydrogen-bond acceptors (Lipinski definition) is 4. The van der Waals surface area contributed by atoms with Crippen molar-refractivity contribution in [3.8, 4) is 0 Å². The number of piperidine rings is 1. The molecule has 0 aliphatic carbocycles. The van der Waals surface area contributed by atoms with E-state index < -0.39 is 0 Å². The average Bonchev–Trinajstić information content (AvgIpc) is 2.40. The predicted molar refractivity (Wildman–Crippen MR) is 72.8 cm³/mol. The van der Waals surface area contributed by atoms with E-state index in [1.165, 1.54) is 13.0 Å². The van der Waals surface area contributed by atoms with Crippen molar-refractivity contribution < 1.29 is 9.47 Å². The minimum absolute atomic E-state index is 0.378. The smallest absolute Gasteiger partial charge is 0.0724 e. The Morgan fingerprint density at radius 2 is 2.22 bits per heavy atom. The Morgan fingerprint density at radius 3 is 2.94 bits per heavy atom. The van der Waals surface area contributed by atoms with E-state index >= 15 is 0 Å². The summed E-state index contributed by atoms with van der Waals surface area (Å²) in [4.78, 5) is 2.57. The molecule has 4 atom stereocenters. The van der Waals surface area contributed by atoms with E-state index in [1.807, 2.05) is 7.11 Å². The summed E-state index contributed by atoms with van der Waals surface area (Å²) >= 11 is 0. The molecule has 4 unspecified atom stereocenters. The Balaban J connectivity index is 1.95. The fraction of sp³-hybridized carbons (Fsp3) is 1.00. The van der Waals surface area contributed by atoms with Crippen molar-refractivity contribution in [2.45, 2.75) is 44.9 Å². The zero-order valence-electron chi connectivity index (χ0n) is 12.0. The van der Waals surface area contributed by atoms with Gasteiger partial charge in [-0.2, -0.15) is 0 Å². The Hall–Kier alpha value is -0.160. The van der Waals surface area contributed by atoms with Gasteiger partial charge in [-0.1, -0.05) is 13.8 Å². The van der Waals surface area contributed by atoms with Crippen LogP contribution in [0.1, 0.15) is 26.7 Å². The van der Waals surface area contributed by atoms with Crippen molar-refractivity contribution in [2.24, 2.45) is 5.92 Å². The largest absolute Gasteiger partial charge is 0.380 e. The van der Waals surface area contributed by atoms with Crippen LogP contribution in [0.2, 0.25) is 0 Å². The lowest BCUT2D eigenvalue weighted by Gasteiger charge is -2.45. The molecule has 0 radical (unpaired) electrons. The summed E-state index contributed by atoms with van der Waals surface area (Å²) in [6, 6.07) is 1.10. The molecule has 18 heavy (non-hydrogen) atoms. The third-order valence-electron chi connectivity index (χ3n) is 4.49. The summed E-state index contributed by atoms with van der Waals surface area (Å²) in [5.74, 6) is 0.674. The summed E-state index contributed by atoms with van der Waals surface area (Å²) in [6.07, 6.45) is 2.73. The molecule has 0 aromatic heterocycles. The zero-order valence-corrected chi connectivity index (χ0v) is 12.0. The highest BCUT2D eigenvalue weighted by Crippen LogP contribution is 2.24. The molecule has 2 aliphatic heterocycles. The van der Waals surface area contributed by atoms with Gasteiger partial charge in [-0.05, 0) is 31.8 Å². The third kappa shape index (κ3) is 3.23. The Morgan fingerprint density at radius 1 is 1.39 bits per heavy atom. The molecule has 0 aromatic rings. The number of hydrogen-bond donors (Lipinski definition) is 1. The average molecular weight is 256 g/mol. The van der Waals surface area contributed by atoms with Crippen LogP contribution in [0.15, 0.2) is 0 Å². The summed E-state index contributed by atoms with van der Waals surface area (Å²) in [7, 11) is 1.84. The fourth-order valence-electron chi connectivity index (χ4n) is 3.25. The fourth-order valence-corrected chi connectivity index (χ4v) is 3.25. The lowest BCUT2D eigenvalue weighted by Crippen LogP contribution is -2.59. The molecule has 2 fully saturated rings. The highest BCUT2D eigenvalue weighted by Gasteiger charge is 2.35. The predicted octanol–water partition coefficient (Wildman–Crippen LogP) is 1.11. The van der Waals surface area contributed by atoms with Gasteiger partial charge in [0.15, 0.2) is 0 Å². The highest BCUT2D eigenvalue weighted by molar-refractivity contribution is 4.91. The molecule has 0 amide bonds. The van der Waals surface area contributed by atoms with Gasteiger partial charge in [0.2, 0.25) is 0 Å². The monoisotopic (exact) mass is 256 g/mol. The van der Waals surface area contributed by atoms with E-state index in [1.54, 1.807) is 0 Å². The maximum Gasteiger partial charge on any atom is 0.0724 e. The molecule has 106 valence electrons. The van der Waals surface area contributed by atoms with E-state index in [9.17, 15) is 0 Å². The van der Waals surface area contributed by atoms with Gasteiger partial charge in [-0.25, -0.2) is 0 Å². The Labute approximate surface area is 111 Å². The van der Waals surface area contributed by atoms with E-state index in [-0.39, 0.29) is 0 Å². The van der Waals surface area contributed by atoms with Crippen molar-refractivity contribution in [1.29, 1.82) is 0 Å². The van der Waals surface area contributed by atoms with Crippen LogP contribution in [0, 0.1) is 5.92 Å². The molecule has 0 bridgehead atoms. The Bertz CT molecular complexity index is 248. The van der Waals surface area contributed by atoms with Crippen LogP contribution in [0.3, 0.4) is 0 Å². The lowest BCUT2D eigenvalue weighted by atomic mass is 9.92. The third-order valence-corrected chi connectivity index (χ3v) is 4.49. The van der Waals surface area contributed by atoms with E-state index in [0.717, 1.165) is 32.7 Å². The Kier molecular flexibility index (Phi) is 5.42. The van der Waals surface area contributed by atoms with Crippen LogP contribution in [-0.4, -0.2) is 63.0 Å². The number of methoxy groups -OCH3 is 1. The van der Waals surface area contributed by atoms with Crippen LogP contribution >= 0.6 is 0 Å². The van der Waals surface area contributed by atoms with E-state index in [4.69, 9.17) is 9.47 Å². The number of likely N-dealkylation sites (tertiary alicyclic amines) is 1. The number of nitrogens with one attached hydrogen (secondary N) is 1. The van der Waals surface area contributed by atoms with Crippen molar-refractivity contribution in [3.05, 3.63) is 0 Å². The molecule has 0 saturated carbocycles. The van der Waals surface area contributed by atoms with Crippen molar-refractivity contribution in [2.75, 3.05) is 40.0 Å². The van der Waals surface area contributed by atoms with Crippen LogP contribution in [0.25, 0.3) is 0 Å². The molecule has 2 heterocycles. The maximum atomic E-state index is 5.69. The SMILES string of the molecule is CCNC1CCOCC1N1CCC(C)C(OC)C1. The van der Waals surface area contributed by atoms with Crippen molar-refractivity contribution in [1.82, 2.24) is 10.2 Å². The molecule has 1 N–H and O–H groups in total. The second-order valence-corrected chi connectivity index (χ2v) is 5.63. The standard InChI is InChI=1S/C14H28N2O2/c1-4-15-12-6-8-18-10-13(12)16-7-5-11(2)14(9-16)17-3/h11-15H,4-10H2,1-3H3. The number of rotatable bonds is 4. The molecular weight excluding hydrogens is 228 g/mol. The molecule has 0 spiro atoms. The topological polar surface area (TPSA) is 33.7 Å². The minimum atomic E-state index is 0.378. The normalized spacial score (nSPS) is 38.8. The molecule has 2 aliphatic rings. The number of ether oxygens (including phenoxy) is 2. The maximum absolute atomic E-state index is 5.69. The first kappa shape index (κ1) is 14.3. The van der Waals surface area contributed by atoms with Crippen molar-refractivity contribution >= 4 is 0 Å².